The molecule has 0 unspecified atom stereocenters. The molecule has 0 radical (unpaired) electrons. The van der Waals surface area contributed by atoms with Crippen LogP contribution in [0.3, 0.4) is 0 Å². The average Bonchev–Trinajstić information content (AvgIpc) is 2.66. The number of nitrogens with zero attached hydrogens (tertiary/aromatic N) is 2. The van der Waals surface area contributed by atoms with Crippen LogP contribution in [-0.4, -0.2) is 34.9 Å². The molecule has 1 amide bonds. The second-order valence-electron chi connectivity index (χ2n) is 7.28. The van der Waals surface area contributed by atoms with E-state index in [2.05, 4.69) is 52.5 Å². The minimum absolute atomic E-state index is 0.195. The van der Waals surface area contributed by atoms with Gasteiger partial charge in [0.05, 0.1) is 5.69 Å². The normalized spacial score (nSPS) is 15.7. The van der Waals surface area contributed by atoms with Crippen molar-refractivity contribution in [3.8, 4) is 0 Å². The Morgan fingerprint density at radius 2 is 1.92 bits per heavy atom. The predicted molar refractivity (Wildman–Crippen MR) is 105 cm³/mol. The van der Waals surface area contributed by atoms with Gasteiger partial charge in [-0.15, -0.1) is 0 Å². The highest BCUT2D eigenvalue weighted by Crippen LogP contribution is 2.13. The second-order valence-corrected chi connectivity index (χ2v) is 7.28. The van der Waals surface area contributed by atoms with E-state index in [1.54, 1.807) is 0 Å². The Morgan fingerprint density at radius 1 is 1.15 bits per heavy atom. The largest absolute Gasteiger partial charge is 0.353 e. The van der Waals surface area contributed by atoms with Crippen molar-refractivity contribution < 1.29 is 4.79 Å². The number of hydrogen-bond acceptors (Lipinski definition) is 3. The van der Waals surface area contributed by atoms with Crippen LogP contribution in [0.25, 0.3) is 0 Å². The number of rotatable bonds is 7. The Labute approximate surface area is 156 Å². The molecule has 4 heteroatoms. The summed E-state index contributed by atoms with van der Waals surface area (Å²) in [6.45, 7) is 5.03. The average molecular weight is 351 g/mol. The molecule has 3 rings (SSSR count). The number of likely N-dealkylation sites (tertiary alicyclic amines) is 1. The van der Waals surface area contributed by atoms with Crippen LogP contribution >= 0.6 is 0 Å². The minimum atomic E-state index is 0.195. The molecule has 0 bridgehead atoms. The van der Waals surface area contributed by atoms with Crippen LogP contribution < -0.4 is 5.32 Å². The van der Waals surface area contributed by atoms with Gasteiger partial charge in [-0.05, 0) is 50.3 Å². The van der Waals surface area contributed by atoms with Gasteiger partial charge in [-0.25, -0.2) is 0 Å². The van der Waals surface area contributed by atoms with E-state index in [-0.39, 0.29) is 5.91 Å². The minimum Gasteiger partial charge on any atom is -0.353 e. The van der Waals surface area contributed by atoms with Gasteiger partial charge in [-0.2, -0.15) is 0 Å². The van der Waals surface area contributed by atoms with E-state index >= 15 is 0 Å². The zero-order valence-electron chi connectivity index (χ0n) is 15.7. The number of carbonyl (C=O) groups excluding carboxylic acids is 1. The van der Waals surface area contributed by atoms with Crippen molar-refractivity contribution in [1.82, 2.24) is 15.2 Å². The van der Waals surface area contributed by atoms with Gasteiger partial charge < -0.3 is 5.32 Å². The number of carbonyl (C=O) groups is 1. The molecule has 0 saturated carbocycles. The lowest BCUT2D eigenvalue weighted by atomic mass is 10.0. The molecule has 0 aliphatic carbocycles. The Bertz CT molecular complexity index is 676. The quantitative estimate of drug-likeness (QED) is 0.830. The Kier molecular flexibility index (Phi) is 6.78. The summed E-state index contributed by atoms with van der Waals surface area (Å²) < 4.78 is 0. The molecule has 0 atom stereocenters. The Hall–Kier alpha value is -2.20. The number of nitrogens with one attached hydrogen (secondary N) is 1. The number of aryl methyl sites for hydroxylation is 2. The molecule has 138 valence electrons. The third-order valence-corrected chi connectivity index (χ3v) is 5.05. The zero-order valence-corrected chi connectivity index (χ0v) is 15.7. The fraction of sp³-hybridized carbons (Fsp3) is 0.455. The smallest absolute Gasteiger partial charge is 0.220 e. The van der Waals surface area contributed by atoms with Gasteiger partial charge in [0.2, 0.25) is 5.91 Å². The number of piperidine rings is 1. The molecule has 1 N–H and O–H groups in total. The van der Waals surface area contributed by atoms with Gasteiger partial charge in [0, 0.05) is 38.3 Å². The maximum absolute atomic E-state index is 12.2. The molecule has 26 heavy (non-hydrogen) atoms. The summed E-state index contributed by atoms with van der Waals surface area (Å²) >= 11 is 0. The fourth-order valence-electron chi connectivity index (χ4n) is 3.46. The van der Waals surface area contributed by atoms with Crippen LogP contribution in [0.2, 0.25) is 0 Å². The summed E-state index contributed by atoms with van der Waals surface area (Å²) in [5.74, 6) is 0.195. The maximum atomic E-state index is 12.2. The molecule has 1 saturated heterocycles. The summed E-state index contributed by atoms with van der Waals surface area (Å²) in [6, 6.07) is 15.0. The van der Waals surface area contributed by atoms with Crippen molar-refractivity contribution in [2.24, 2.45) is 0 Å². The highest BCUT2D eigenvalue weighted by atomic mass is 16.1. The SMILES string of the molecule is Cc1ccc(CCCC(=O)NC2CCN(Cc3ccccn3)CC2)cc1. The van der Waals surface area contributed by atoms with Crippen molar-refractivity contribution >= 4 is 5.91 Å². The molecular weight excluding hydrogens is 322 g/mol. The maximum Gasteiger partial charge on any atom is 0.220 e. The lowest BCUT2D eigenvalue weighted by molar-refractivity contribution is -0.122. The third-order valence-electron chi connectivity index (χ3n) is 5.05. The van der Waals surface area contributed by atoms with Crippen LogP contribution in [0.4, 0.5) is 0 Å². The molecule has 1 fully saturated rings. The highest BCUT2D eigenvalue weighted by Gasteiger charge is 2.20. The molecule has 1 aromatic carbocycles. The van der Waals surface area contributed by atoms with E-state index < -0.39 is 0 Å². The van der Waals surface area contributed by atoms with E-state index in [1.165, 1.54) is 11.1 Å². The van der Waals surface area contributed by atoms with Gasteiger partial charge in [0.15, 0.2) is 0 Å². The molecule has 1 aromatic heterocycles. The molecular formula is C22H29N3O. The summed E-state index contributed by atoms with van der Waals surface area (Å²) in [7, 11) is 0. The number of benzene rings is 1. The zero-order chi connectivity index (χ0) is 18.2. The molecule has 0 spiro atoms. The second kappa shape index (κ2) is 9.48. The predicted octanol–water partition coefficient (Wildman–Crippen LogP) is 3.49. The van der Waals surface area contributed by atoms with Gasteiger partial charge in [0.25, 0.3) is 0 Å². The first-order valence-electron chi connectivity index (χ1n) is 9.66. The van der Waals surface area contributed by atoms with Gasteiger partial charge in [-0.1, -0.05) is 35.9 Å². The van der Waals surface area contributed by atoms with Crippen molar-refractivity contribution in [2.45, 2.75) is 51.6 Å². The standard InChI is InChI=1S/C22H29N3O/c1-18-8-10-19(11-9-18)5-4-7-22(26)24-20-12-15-25(16-13-20)17-21-6-2-3-14-23-21/h2-3,6,8-11,14,20H,4-5,7,12-13,15-17H2,1H3,(H,24,26). The third kappa shape index (κ3) is 5.95. The monoisotopic (exact) mass is 351 g/mol. The van der Waals surface area contributed by atoms with E-state index in [0.29, 0.717) is 12.5 Å². The summed E-state index contributed by atoms with van der Waals surface area (Å²) in [5.41, 5.74) is 3.71. The summed E-state index contributed by atoms with van der Waals surface area (Å²) in [4.78, 5) is 19.0. The number of pyridine rings is 1. The number of aromatic nitrogens is 1. The lowest BCUT2D eigenvalue weighted by Crippen LogP contribution is -2.44. The number of amides is 1. The van der Waals surface area contributed by atoms with Crippen LogP contribution in [-0.2, 0) is 17.8 Å². The summed E-state index contributed by atoms with van der Waals surface area (Å²) in [6.07, 6.45) is 6.39. The van der Waals surface area contributed by atoms with Gasteiger partial charge in [-0.3, -0.25) is 14.7 Å². The van der Waals surface area contributed by atoms with Crippen LogP contribution in [0.1, 0.15) is 42.5 Å². The van der Waals surface area contributed by atoms with E-state index in [0.717, 1.165) is 51.0 Å². The van der Waals surface area contributed by atoms with E-state index in [9.17, 15) is 4.79 Å². The van der Waals surface area contributed by atoms with Crippen molar-refractivity contribution in [1.29, 1.82) is 0 Å². The van der Waals surface area contributed by atoms with E-state index in [1.807, 2.05) is 18.3 Å². The van der Waals surface area contributed by atoms with Crippen LogP contribution in [0.5, 0.6) is 0 Å². The first-order chi connectivity index (χ1) is 12.7. The van der Waals surface area contributed by atoms with Gasteiger partial charge >= 0.3 is 0 Å². The van der Waals surface area contributed by atoms with Crippen LogP contribution in [0, 0.1) is 6.92 Å². The van der Waals surface area contributed by atoms with Crippen LogP contribution in [0.15, 0.2) is 48.7 Å². The first-order valence-corrected chi connectivity index (χ1v) is 9.66. The fourth-order valence-corrected chi connectivity index (χ4v) is 3.46. The summed E-state index contributed by atoms with van der Waals surface area (Å²) in [5, 5.41) is 3.22. The highest BCUT2D eigenvalue weighted by molar-refractivity contribution is 5.76. The van der Waals surface area contributed by atoms with E-state index in [4.69, 9.17) is 0 Å². The van der Waals surface area contributed by atoms with Crippen molar-refractivity contribution in [2.75, 3.05) is 13.1 Å². The molecule has 1 aliphatic rings. The molecule has 1 aliphatic heterocycles. The molecule has 2 aromatic rings. The molecule has 4 nitrogen and oxygen atoms in total. The van der Waals surface area contributed by atoms with Crippen molar-refractivity contribution in [3.63, 3.8) is 0 Å². The van der Waals surface area contributed by atoms with Gasteiger partial charge in [0.1, 0.15) is 0 Å². The number of hydrogen-bond donors (Lipinski definition) is 1. The topological polar surface area (TPSA) is 45.2 Å². The first kappa shape index (κ1) is 18.6. The lowest BCUT2D eigenvalue weighted by Gasteiger charge is -2.32. The Balaban J connectivity index is 1.32. The van der Waals surface area contributed by atoms with Crippen molar-refractivity contribution in [3.05, 3.63) is 65.5 Å². The Morgan fingerprint density at radius 3 is 2.62 bits per heavy atom. The molecule has 2 heterocycles.